The Morgan fingerprint density at radius 1 is 0.618 bits per heavy atom. The minimum Gasteiger partial charge on any atom is -0.748 e. The Balaban J connectivity index is 0.000000241. The van der Waals surface area contributed by atoms with E-state index in [1.54, 1.807) is 36.4 Å². The smallest absolute Gasteiger partial charge is 0.460 e. The summed E-state index contributed by atoms with van der Waals surface area (Å²) in [6.45, 7) is 6.76. The summed E-state index contributed by atoms with van der Waals surface area (Å²) < 4.78 is 323. The van der Waals surface area contributed by atoms with E-state index in [1.165, 1.54) is 49.9 Å². The molecule has 0 amide bonds. The molecule has 0 N–H and O–H groups in total. The molecule has 37 heteroatoms. The van der Waals surface area contributed by atoms with E-state index in [1.807, 2.05) is 0 Å². The Bertz CT molecular complexity index is 3140. The summed E-state index contributed by atoms with van der Waals surface area (Å²) in [6, 6.07) is 15.5. The number of carbonyl (C=O) groups excluding carboxylic acids is 5. The molecule has 10 unspecified atom stereocenters. The molecule has 89 heavy (non-hydrogen) atoms. The Morgan fingerprint density at radius 3 is 1.42 bits per heavy atom. The van der Waals surface area contributed by atoms with Gasteiger partial charge in [-0.1, -0.05) is 64.6 Å². The van der Waals surface area contributed by atoms with E-state index in [9.17, 15) is 148 Å². The first-order valence-electron chi connectivity index (χ1n) is 25.8. The lowest BCUT2D eigenvalue weighted by Gasteiger charge is -2.52. The molecule has 10 atom stereocenters. The Labute approximate surface area is 492 Å². The number of carboxylic acids is 2. The molecule has 0 saturated heterocycles. The van der Waals surface area contributed by atoms with Gasteiger partial charge in [0.1, 0.15) is 33.4 Å². The number of aliphatic carboxylic acids is 2. The number of fused-ring (bicyclic) bond motifs is 11. The van der Waals surface area contributed by atoms with Crippen LogP contribution < -0.4 is 19.7 Å². The minimum atomic E-state index is -7.42. The molecule has 2 aromatic carbocycles. The van der Waals surface area contributed by atoms with E-state index in [-0.39, 0.29) is 30.3 Å². The maximum Gasteiger partial charge on any atom is 0.460 e. The monoisotopic (exact) mass is 1360 g/mol. The number of carboxylic acid groups (broad SMARTS) is 2. The largest absolute Gasteiger partial charge is 0.748 e. The van der Waals surface area contributed by atoms with Crippen LogP contribution in [0.4, 0.5) is 87.8 Å². The molecule has 7 aliphatic carbocycles. The van der Waals surface area contributed by atoms with Crippen molar-refractivity contribution in [2.45, 2.75) is 162 Å². The topological polar surface area (TPSA) is 264 Å². The molecule has 506 valence electrons. The second-order valence-corrected chi connectivity index (χ2v) is 25.6. The molecule has 0 spiro atoms. The summed E-state index contributed by atoms with van der Waals surface area (Å²) in [5, 5.41) is 16.6. The van der Waals surface area contributed by atoms with Gasteiger partial charge in [-0.2, -0.15) is 83.4 Å². The van der Waals surface area contributed by atoms with Crippen LogP contribution in [-0.2, 0) is 44.2 Å². The van der Waals surface area contributed by atoms with Crippen molar-refractivity contribution in [3.63, 3.8) is 0 Å². The molecule has 0 aliphatic heterocycles. The van der Waals surface area contributed by atoms with Gasteiger partial charge in [0.05, 0.1) is 27.8 Å². The van der Waals surface area contributed by atoms with Gasteiger partial charge in [0.25, 0.3) is 5.67 Å². The first kappa shape index (κ1) is 75.9. The lowest BCUT2D eigenvalue weighted by molar-refractivity contribution is -0.487. The number of ether oxygens (including phenoxy) is 2. The van der Waals surface area contributed by atoms with Crippen LogP contribution in [0.2, 0.25) is 0 Å². The average Bonchev–Trinajstić information content (AvgIpc) is 1.57. The number of rotatable bonds is 12. The van der Waals surface area contributed by atoms with Gasteiger partial charge < -0.3 is 38.4 Å². The van der Waals surface area contributed by atoms with Crippen molar-refractivity contribution in [3.8, 4) is 11.5 Å². The normalized spacial score (nSPS) is 29.5. The Hall–Kier alpha value is -5.59. The lowest BCUT2D eigenvalue weighted by Crippen LogP contribution is -2.86. The standard InChI is InChI=1S/C16H14O7S.C12H18O3S.C11H18O.C7HF11O2.C5HF9O2.CH4/c17-15(22-12-7-3-1-4-8-12)11-14(24(19,20)21)16(18)23-13-9-5-2-6-10-13;13-16(14,15)10-5-8-4-9(10)12-7-2-1-6(3-7)11(8)12;1-4-11-6-5-8(7-9(11)12)10(11,2)3;8-2(1(19)20)3(9,10)5(13,14)7(17,18)6(15,16)4(2,11)12;6-2(7,1(15)16)3(8,9)4(10,11)5(12,13)14;/h1-10,14H,11H2,(H,19,20,21);6-12H,1-5H2,(H,13,14,15);8H,4-7H2,1-3H3;(H,19,20);(H,15,16);1H4/p-4. The molecule has 0 heterocycles. The van der Waals surface area contributed by atoms with Crippen molar-refractivity contribution in [1.29, 1.82) is 0 Å². The van der Waals surface area contributed by atoms with E-state index in [0.717, 1.165) is 43.4 Å². The molecule has 9 rings (SSSR count). The number of esters is 2. The van der Waals surface area contributed by atoms with Gasteiger partial charge in [-0.15, -0.1) is 0 Å². The number of para-hydroxylation sites is 2. The summed E-state index contributed by atoms with van der Waals surface area (Å²) in [6.07, 6.45) is 2.08. The fourth-order valence-corrected chi connectivity index (χ4v) is 15.0. The molecular weight excluding hydrogens is 1310 g/mol. The number of ketones is 1. The Morgan fingerprint density at radius 2 is 1.06 bits per heavy atom. The van der Waals surface area contributed by atoms with Crippen LogP contribution in [0, 0.1) is 52.3 Å². The van der Waals surface area contributed by atoms with Crippen LogP contribution in [0.3, 0.4) is 0 Å². The first-order chi connectivity index (χ1) is 39.6. The molecule has 15 nitrogen and oxygen atoms in total. The van der Waals surface area contributed by atoms with E-state index in [4.69, 9.17) is 9.47 Å². The fraction of sp³-hybridized carbons (Fsp3) is 0.673. The van der Waals surface area contributed by atoms with Crippen LogP contribution >= 0.6 is 0 Å². The Kier molecular flexibility index (Phi) is 21.1. The highest BCUT2D eigenvalue weighted by Gasteiger charge is 3.01. The minimum absolute atomic E-state index is 0. The zero-order valence-electron chi connectivity index (χ0n) is 45.0. The second kappa shape index (κ2) is 24.8. The number of carbonyl (C=O) groups is 5. The molecule has 0 radical (unpaired) electrons. The van der Waals surface area contributed by atoms with Gasteiger partial charge in [-0.25, -0.2) is 21.2 Å². The third-order valence-electron chi connectivity index (χ3n) is 17.8. The molecule has 2 aromatic rings. The molecule has 7 aliphatic rings. The summed E-state index contributed by atoms with van der Waals surface area (Å²) >= 11 is 0. The zero-order chi connectivity index (χ0) is 67.8. The van der Waals surface area contributed by atoms with Crippen LogP contribution in [0.1, 0.15) is 92.4 Å². The number of hydrogen-bond donors (Lipinski definition) is 0. The number of halogens is 20. The molecule has 0 aromatic heterocycles. The van der Waals surface area contributed by atoms with Crippen molar-refractivity contribution in [3.05, 3.63) is 60.7 Å². The average molecular weight is 1360 g/mol. The highest BCUT2D eigenvalue weighted by atomic mass is 32.2. The van der Waals surface area contributed by atoms with Crippen molar-refractivity contribution in [2.24, 2.45) is 52.3 Å². The van der Waals surface area contributed by atoms with Gasteiger partial charge in [0.15, 0.2) is 5.25 Å². The zero-order valence-corrected chi connectivity index (χ0v) is 46.7. The van der Waals surface area contributed by atoms with Gasteiger partial charge in [-0.3, -0.25) is 14.4 Å². The van der Waals surface area contributed by atoms with Gasteiger partial charge in [-0.05, 0) is 122 Å². The predicted octanol–water partition coefficient (Wildman–Crippen LogP) is 9.37. The molecule has 7 fully saturated rings. The van der Waals surface area contributed by atoms with Crippen molar-refractivity contribution >= 4 is 49.9 Å². The summed E-state index contributed by atoms with van der Waals surface area (Å²) in [4.78, 5) is 54.9. The second-order valence-electron chi connectivity index (χ2n) is 22.5. The van der Waals surface area contributed by atoms with E-state index < -0.39 is 120 Å². The number of alkyl halides is 20. The summed E-state index contributed by atoms with van der Waals surface area (Å²) in [5.41, 5.74) is -6.69. The molecular formula is C52H52F20O15S2-4. The maximum absolute atomic E-state index is 13.1. The maximum atomic E-state index is 13.1. The lowest BCUT2D eigenvalue weighted by atomic mass is 9.67. The third-order valence-corrected chi connectivity index (χ3v) is 20.2. The predicted molar refractivity (Wildman–Crippen MR) is 255 cm³/mol. The van der Waals surface area contributed by atoms with Crippen LogP contribution in [0.5, 0.6) is 11.5 Å². The van der Waals surface area contributed by atoms with Crippen molar-refractivity contribution in [1.82, 2.24) is 0 Å². The van der Waals surface area contributed by atoms with Crippen LogP contribution in [0.15, 0.2) is 60.7 Å². The van der Waals surface area contributed by atoms with E-state index in [0.29, 0.717) is 35.4 Å². The molecule has 7 saturated carbocycles. The van der Waals surface area contributed by atoms with E-state index in [2.05, 4.69) is 20.8 Å². The van der Waals surface area contributed by atoms with Crippen molar-refractivity contribution < 1.29 is 157 Å². The quantitative estimate of drug-likeness (QED) is 0.0630. The molecule has 6 bridgehead atoms. The van der Waals surface area contributed by atoms with Crippen molar-refractivity contribution in [2.75, 3.05) is 0 Å². The van der Waals surface area contributed by atoms with E-state index >= 15 is 0 Å². The van der Waals surface area contributed by atoms with Gasteiger partial charge in [0, 0.05) is 11.8 Å². The van der Waals surface area contributed by atoms with Gasteiger partial charge in [0.2, 0.25) is 0 Å². The van der Waals surface area contributed by atoms with Gasteiger partial charge >= 0.3 is 65.5 Å². The van der Waals surface area contributed by atoms with Crippen LogP contribution in [-0.4, -0.2) is 125 Å². The number of hydrogen-bond acceptors (Lipinski definition) is 15. The summed E-state index contributed by atoms with van der Waals surface area (Å²) in [7, 11) is -9.14. The summed E-state index contributed by atoms with van der Waals surface area (Å²) in [5.74, 6) is -63.5. The third kappa shape index (κ3) is 12.5. The SMILES string of the molecule is C.CCC12CCC(CC1=O)C2(C)C.O=C(CC(C(=O)Oc1ccccc1)S(=O)(=O)[O-])Oc1ccccc1.O=C([O-])C(F)(F)C(F)(F)C(F)(F)C(F)(F)F.O=C([O-])C1(F)C(F)(F)C(F)(F)C(F)(F)C(F)(F)C1(F)F.O=S(=O)([O-])C1CC2CC1C1C3CCC(C3)C21. The highest BCUT2D eigenvalue weighted by molar-refractivity contribution is 7.87. The number of benzene rings is 2. The fourth-order valence-electron chi connectivity index (χ4n) is 13.2. The van der Waals surface area contributed by atoms with Crippen LogP contribution in [0.25, 0.3) is 0 Å². The first-order valence-corrected chi connectivity index (χ1v) is 28.7. The number of Topliss-reactive ketones (excluding diaryl/α,β-unsaturated/α-hetero) is 1. The highest BCUT2D eigenvalue weighted by Crippen LogP contribution is 2.71.